The fourth-order valence-electron chi connectivity index (χ4n) is 1.30. The van der Waals surface area contributed by atoms with Gasteiger partial charge in [0, 0.05) is 0 Å². The summed E-state index contributed by atoms with van der Waals surface area (Å²) in [6, 6.07) is 1.21. The van der Waals surface area contributed by atoms with Crippen molar-refractivity contribution >= 4 is 11.9 Å². The van der Waals surface area contributed by atoms with E-state index in [1.807, 2.05) is 0 Å². The van der Waals surface area contributed by atoms with E-state index >= 15 is 0 Å². The highest BCUT2D eigenvalue weighted by atomic mass is 19.3. The van der Waals surface area contributed by atoms with Crippen molar-refractivity contribution in [1.29, 1.82) is 0 Å². The van der Waals surface area contributed by atoms with Crippen LogP contribution in [0.15, 0.2) is 6.07 Å². The van der Waals surface area contributed by atoms with E-state index in [0.717, 1.165) is 4.68 Å². The number of nitrogens with zero attached hydrogens (tertiary/aromatic N) is 2. The van der Waals surface area contributed by atoms with Gasteiger partial charge in [-0.2, -0.15) is 5.10 Å². The van der Waals surface area contributed by atoms with Gasteiger partial charge in [0.15, 0.2) is 0 Å². The van der Waals surface area contributed by atoms with Gasteiger partial charge >= 0.3 is 5.97 Å². The van der Waals surface area contributed by atoms with Crippen LogP contribution in [0.2, 0.25) is 0 Å². The molecule has 0 bridgehead atoms. The van der Waals surface area contributed by atoms with Crippen molar-refractivity contribution in [3.63, 3.8) is 0 Å². The van der Waals surface area contributed by atoms with Crippen molar-refractivity contribution in [3.8, 4) is 0 Å². The van der Waals surface area contributed by atoms with Crippen molar-refractivity contribution in [1.82, 2.24) is 15.1 Å². The second kappa shape index (κ2) is 6.08. The number of esters is 1. The number of alkyl halides is 2. The van der Waals surface area contributed by atoms with Gasteiger partial charge in [-0.25, -0.2) is 8.78 Å². The summed E-state index contributed by atoms with van der Waals surface area (Å²) in [6.45, 7) is 0.874. The van der Waals surface area contributed by atoms with Crippen LogP contribution in [-0.4, -0.2) is 35.3 Å². The van der Waals surface area contributed by atoms with Crippen LogP contribution >= 0.6 is 0 Å². The highest BCUT2D eigenvalue weighted by molar-refractivity contribution is 5.81. The maximum absolute atomic E-state index is 12.6. The van der Waals surface area contributed by atoms with Crippen molar-refractivity contribution in [2.24, 2.45) is 0 Å². The van der Waals surface area contributed by atoms with Gasteiger partial charge in [0.05, 0.1) is 12.8 Å². The number of hydrogen-bond donors (Lipinski definition) is 1. The fourth-order valence-corrected chi connectivity index (χ4v) is 1.30. The van der Waals surface area contributed by atoms with Crippen LogP contribution in [0.4, 0.5) is 8.78 Å². The Morgan fingerprint density at radius 3 is 2.78 bits per heavy atom. The molecule has 1 aromatic heterocycles. The number of carbonyl (C=O) groups is 2. The van der Waals surface area contributed by atoms with Crippen LogP contribution in [-0.2, 0) is 20.9 Å². The number of amides is 1. The highest BCUT2D eigenvalue weighted by Crippen LogP contribution is 2.19. The van der Waals surface area contributed by atoms with Crippen LogP contribution < -0.4 is 5.32 Å². The summed E-state index contributed by atoms with van der Waals surface area (Å²) in [5.74, 6) is -1.21. The van der Waals surface area contributed by atoms with Gasteiger partial charge in [-0.05, 0) is 13.0 Å². The molecule has 1 heterocycles. The number of nitrogens with one attached hydrogen (secondary N) is 1. The molecule has 0 fully saturated rings. The quantitative estimate of drug-likeness (QED) is 0.779. The van der Waals surface area contributed by atoms with E-state index in [1.165, 1.54) is 13.2 Å². The molecule has 1 amide bonds. The third-order valence-corrected chi connectivity index (χ3v) is 2.11. The Hall–Kier alpha value is -1.99. The zero-order valence-corrected chi connectivity index (χ0v) is 9.94. The van der Waals surface area contributed by atoms with Gasteiger partial charge in [0.1, 0.15) is 18.8 Å². The largest absolute Gasteiger partial charge is 0.468 e. The highest BCUT2D eigenvalue weighted by Gasteiger charge is 2.17. The molecule has 8 heteroatoms. The molecule has 0 saturated heterocycles. The lowest BCUT2D eigenvalue weighted by molar-refractivity contribution is -0.141. The first-order valence-corrected chi connectivity index (χ1v) is 5.10. The first-order valence-electron chi connectivity index (χ1n) is 5.10. The van der Waals surface area contributed by atoms with E-state index in [9.17, 15) is 18.4 Å². The van der Waals surface area contributed by atoms with E-state index in [2.05, 4.69) is 15.2 Å². The minimum atomic E-state index is -2.71. The number of methoxy groups -OCH3 is 1. The molecule has 0 spiro atoms. The first kappa shape index (κ1) is 14.1. The number of hydrogen-bond acceptors (Lipinski definition) is 4. The van der Waals surface area contributed by atoms with Gasteiger partial charge in [0.25, 0.3) is 6.43 Å². The molecular formula is C10H13F2N3O3. The van der Waals surface area contributed by atoms with Crippen LogP contribution in [0.25, 0.3) is 0 Å². The fraction of sp³-hybridized carbons (Fsp3) is 0.500. The molecule has 0 saturated carbocycles. The summed E-state index contributed by atoms with van der Waals surface area (Å²) in [5.41, 5.74) is 0.0618. The zero-order valence-electron chi connectivity index (χ0n) is 9.94. The number of halogens is 2. The molecule has 0 radical (unpaired) electrons. The van der Waals surface area contributed by atoms with E-state index in [1.54, 1.807) is 6.92 Å². The summed E-state index contributed by atoms with van der Waals surface area (Å²) in [4.78, 5) is 22.2. The summed E-state index contributed by atoms with van der Waals surface area (Å²) in [7, 11) is 1.18. The molecule has 0 atom stereocenters. The van der Waals surface area contributed by atoms with E-state index in [0.29, 0.717) is 5.69 Å². The number of carbonyl (C=O) groups excluding carboxylic acids is 2. The zero-order chi connectivity index (χ0) is 13.7. The third kappa shape index (κ3) is 3.79. The molecular weight excluding hydrogens is 248 g/mol. The van der Waals surface area contributed by atoms with Crippen LogP contribution in [0, 0.1) is 6.92 Å². The lowest BCUT2D eigenvalue weighted by atomic mass is 10.4. The van der Waals surface area contributed by atoms with Gasteiger partial charge in [-0.3, -0.25) is 14.3 Å². The third-order valence-electron chi connectivity index (χ3n) is 2.11. The Balaban J connectivity index is 2.61. The van der Waals surface area contributed by atoms with Crippen molar-refractivity contribution in [2.45, 2.75) is 19.9 Å². The molecule has 1 aromatic rings. The SMILES string of the molecule is COC(=O)CNC(=O)Cn1nc(C)cc1C(F)F. The average molecular weight is 261 g/mol. The summed E-state index contributed by atoms with van der Waals surface area (Å²) >= 11 is 0. The molecule has 18 heavy (non-hydrogen) atoms. The minimum Gasteiger partial charge on any atom is -0.468 e. The van der Waals surface area contributed by atoms with Crippen molar-refractivity contribution in [2.75, 3.05) is 13.7 Å². The molecule has 1 N–H and O–H groups in total. The second-order valence-electron chi connectivity index (χ2n) is 3.52. The lowest BCUT2D eigenvalue weighted by Crippen LogP contribution is -2.33. The Morgan fingerprint density at radius 2 is 2.22 bits per heavy atom. The van der Waals surface area contributed by atoms with Gasteiger partial charge in [-0.1, -0.05) is 0 Å². The number of rotatable bonds is 5. The molecule has 0 aliphatic heterocycles. The van der Waals surface area contributed by atoms with E-state index in [-0.39, 0.29) is 18.8 Å². The average Bonchev–Trinajstić information content (AvgIpc) is 2.67. The summed E-state index contributed by atoms with van der Waals surface area (Å²) < 4.78 is 30.4. The predicted octanol–water partition coefficient (Wildman–Crippen LogP) is 0.418. The smallest absolute Gasteiger partial charge is 0.325 e. The number of aryl methyl sites for hydroxylation is 1. The monoisotopic (exact) mass is 261 g/mol. The van der Waals surface area contributed by atoms with Crippen molar-refractivity contribution in [3.05, 3.63) is 17.5 Å². The van der Waals surface area contributed by atoms with Gasteiger partial charge in [0.2, 0.25) is 5.91 Å². The Kier molecular flexibility index (Phi) is 4.75. The molecule has 0 aliphatic carbocycles. The molecule has 1 rings (SSSR count). The van der Waals surface area contributed by atoms with Crippen molar-refractivity contribution < 1.29 is 23.1 Å². The maximum Gasteiger partial charge on any atom is 0.325 e. The molecule has 0 aliphatic rings. The predicted molar refractivity (Wildman–Crippen MR) is 56.9 cm³/mol. The molecule has 6 nitrogen and oxygen atoms in total. The lowest BCUT2D eigenvalue weighted by Gasteiger charge is -2.07. The maximum atomic E-state index is 12.6. The normalized spacial score (nSPS) is 10.5. The van der Waals surface area contributed by atoms with Crippen LogP contribution in [0.1, 0.15) is 17.8 Å². The standard InChI is InChI=1S/C10H13F2N3O3/c1-6-3-7(10(11)12)15(14-6)5-8(16)13-4-9(17)18-2/h3,10H,4-5H2,1-2H3,(H,13,16). The second-order valence-corrected chi connectivity index (χ2v) is 3.52. The Labute approximate surface area is 102 Å². The van der Waals surface area contributed by atoms with Crippen LogP contribution in [0.3, 0.4) is 0 Å². The first-order chi connectivity index (χ1) is 8.43. The molecule has 100 valence electrons. The number of aromatic nitrogens is 2. The van der Waals surface area contributed by atoms with E-state index < -0.39 is 18.3 Å². The van der Waals surface area contributed by atoms with Gasteiger partial charge in [-0.15, -0.1) is 0 Å². The van der Waals surface area contributed by atoms with E-state index in [4.69, 9.17) is 0 Å². The molecule has 0 unspecified atom stereocenters. The topological polar surface area (TPSA) is 73.2 Å². The molecule has 0 aromatic carbocycles. The Morgan fingerprint density at radius 1 is 1.56 bits per heavy atom. The Bertz CT molecular complexity index is 446. The van der Waals surface area contributed by atoms with Gasteiger partial charge < -0.3 is 10.1 Å². The van der Waals surface area contributed by atoms with Crippen LogP contribution in [0.5, 0.6) is 0 Å². The summed E-state index contributed by atoms with van der Waals surface area (Å²) in [6.07, 6.45) is -2.71. The summed E-state index contributed by atoms with van der Waals surface area (Å²) in [5, 5.41) is 6.02. The minimum absolute atomic E-state index is 0.306. The number of ether oxygens (including phenoxy) is 1.